The number of carbonyl (C=O) groups excluding carboxylic acids is 1. The molecule has 8 heteroatoms. The Morgan fingerprint density at radius 2 is 2.00 bits per heavy atom. The molecule has 0 aromatic heterocycles. The molecule has 3 rings (SSSR count). The number of quaternary nitrogens is 1. The average molecular weight is 513 g/mol. The second-order valence-electron chi connectivity index (χ2n) is 7.87. The van der Waals surface area contributed by atoms with Gasteiger partial charge < -0.3 is 0 Å². The number of amides is 1. The fourth-order valence-electron chi connectivity index (χ4n) is 4.33. The second kappa shape index (κ2) is 8.47. The van der Waals surface area contributed by atoms with Crippen molar-refractivity contribution in [2.24, 2.45) is 0 Å². The zero-order valence-electron chi connectivity index (χ0n) is 16.7. The number of alkyl halides is 5. The first kappa shape index (κ1) is 21.8. The molecule has 4 nitrogen and oxygen atoms in total. The molecule has 0 spiro atoms. The molecule has 1 aromatic rings. The van der Waals surface area contributed by atoms with Crippen LogP contribution in [0, 0.1) is 6.92 Å². The van der Waals surface area contributed by atoms with Crippen molar-refractivity contribution in [3.05, 3.63) is 34.4 Å². The van der Waals surface area contributed by atoms with Crippen LogP contribution in [0.2, 0.25) is 0 Å². The number of hydrogen-bond donors (Lipinski definition) is 1. The number of carbonyl (C=O) groups is 1. The van der Waals surface area contributed by atoms with Gasteiger partial charge in [-0.15, -0.1) is 0 Å². The zero-order chi connectivity index (χ0) is 20.5. The van der Waals surface area contributed by atoms with Gasteiger partial charge in [0.2, 0.25) is 0 Å². The van der Waals surface area contributed by atoms with Crippen LogP contribution in [0.4, 0.5) is 13.2 Å². The predicted molar refractivity (Wildman–Crippen MR) is 111 cm³/mol. The van der Waals surface area contributed by atoms with Gasteiger partial charge in [0.25, 0.3) is 0 Å². The van der Waals surface area contributed by atoms with Crippen molar-refractivity contribution in [3.8, 4) is 0 Å². The van der Waals surface area contributed by atoms with E-state index in [4.69, 9.17) is 4.74 Å². The molecule has 0 aliphatic carbocycles. The summed E-state index contributed by atoms with van der Waals surface area (Å²) in [5.41, 5.74) is 0.556. The minimum absolute atomic E-state index is 0.227. The summed E-state index contributed by atoms with van der Waals surface area (Å²) in [7, 11) is 2.28. The van der Waals surface area contributed by atoms with Crippen LogP contribution in [-0.2, 0) is 17.3 Å². The number of halogens is 4. The molecule has 2 heterocycles. The standard InChI is InChI=1S/C20H28F3IN2O2/c1-4-15-12-16(20(21,22)23)11-14(2)18(15)19(27)25-24-13-28-10-7-17(24)26(3)8-5-6-9-26/h11-12,17H,4-10,13H2,1-3H3/p+1. The van der Waals surface area contributed by atoms with Gasteiger partial charge in [-0.05, 0) is 0 Å². The maximum atomic E-state index is 13.1. The molecule has 1 amide bonds. The molecule has 0 radical (unpaired) electrons. The quantitative estimate of drug-likeness (QED) is 0.209. The summed E-state index contributed by atoms with van der Waals surface area (Å²) in [5.74, 6) is -0.227. The Morgan fingerprint density at radius 1 is 1.32 bits per heavy atom. The van der Waals surface area contributed by atoms with Crippen molar-refractivity contribution in [2.45, 2.75) is 49.8 Å². The Morgan fingerprint density at radius 3 is 2.61 bits per heavy atom. The third-order valence-electron chi connectivity index (χ3n) is 5.82. The number of hydrogen-bond acceptors (Lipinski definition) is 2. The van der Waals surface area contributed by atoms with Crippen molar-refractivity contribution >= 4 is 26.0 Å². The van der Waals surface area contributed by atoms with Crippen LogP contribution in [0.25, 0.3) is 0 Å². The second-order valence-corrected chi connectivity index (χ2v) is 12.7. The van der Waals surface area contributed by atoms with Gasteiger partial charge in [0, 0.05) is 0 Å². The summed E-state index contributed by atoms with van der Waals surface area (Å²) in [6.07, 6.45) is -0.645. The number of likely N-dealkylation sites (tertiary alicyclic amines) is 1. The van der Waals surface area contributed by atoms with Crippen LogP contribution >= 0.6 is 20.1 Å². The van der Waals surface area contributed by atoms with Gasteiger partial charge in [0.1, 0.15) is 0 Å². The monoisotopic (exact) mass is 513 g/mol. The number of aryl methyl sites for hydroxylation is 2. The first-order valence-electron chi connectivity index (χ1n) is 9.73. The van der Waals surface area contributed by atoms with Crippen molar-refractivity contribution in [2.75, 3.05) is 31.4 Å². The number of ether oxygens (including phenoxy) is 1. The normalized spacial score (nSPS) is 23.6. The summed E-state index contributed by atoms with van der Waals surface area (Å²) in [5, 5.41) is 0. The maximum absolute atomic E-state index is 13.1. The van der Waals surface area contributed by atoms with E-state index in [9.17, 15) is 18.0 Å². The van der Waals surface area contributed by atoms with Gasteiger partial charge in [-0.25, -0.2) is 0 Å². The molecule has 0 bridgehead atoms. The Hall–Kier alpha value is -0.870. The molecule has 2 aliphatic rings. The number of rotatable bonds is 4. The van der Waals surface area contributed by atoms with E-state index in [1.165, 1.54) is 12.8 Å². The summed E-state index contributed by atoms with van der Waals surface area (Å²) < 4.78 is 50.4. The van der Waals surface area contributed by atoms with Gasteiger partial charge in [-0.3, -0.25) is 0 Å². The van der Waals surface area contributed by atoms with E-state index in [2.05, 4.69) is 10.6 Å². The van der Waals surface area contributed by atoms with Gasteiger partial charge >= 0.3 is 172 Å². The first-order chi connectivity index (χ1) is 13.2. The fraction of sp³-hybridized carbons (Fsp3) is 0.650. The van der Waals surface area contributed by atoms with E-state index in [0.717, 1.165) is 42.7 Å². The molecule has 158 valence electrons. The molecule has 1 unspecified atom stereocenters. The Labute approximate surface area is 172 Å². The SMILES string of the molecule is CCc1cc(C(F)(F)F)cc(C)c1C(=O)NI1COCCC1[N+]1(C)CCCC1. The van der Waals surface area contributed by atoms with Crippen LogP contribution < -0.4 is 3.53 Å². The molecular weight excluding hydrogens is 484 g/mol. The average Bonchev–Trinajstić information content (AvgIpc) is 3.08. The van der Waals surface area contributed by atoms with Crippen molar-refractivity contribution in [1.29, 1.82) is 0 Å². The van der Waals surface area contributed by atoms with Crippen molar-refractivity contribution < 1.29 is 27.2 Å². The molecule has 2 fully saturated rings. The first-order valence-corrected chi connectivity index (χ1v) is 13.6. The van der Waals surface area contributed by atoms with Crippen LogP contribution in [0.3, 0.4) is 0 Å². The van der Waals surface area contributed by atoms with Crippen molar-refractivity contribution in [1.82, 2.24) is 3.53 Å². The molecule has 2 saturated heterocycles. The molecule has 28 heavy (non-hydrogen) atoms. The molecule has 0 saturated carbocycles. The van der Waals surface area contributed by atoms with E-state index < -0.39 is 31.8 Å². The predicted octanol–water partition coefficient (Wildman–Crippen LogP) is 4.67. The van der Waals surface area contributed by atoms with E-state index in [0.29, 0.717) is 31.8 Å². The summed E-state index contributed by atoms with van der Waals surface area (Å²) in [6, 6.07) is 2.20. The van der Waals surface area contributed by atoms with Crippen LogP contribution in [0.1, 0.15) is 53.2 Å². The van der Waals surface area contributed by atoms with Gasteiger partial charge in [-0.1, -0.05) is 0 Å². The number of nitrogens with zero attached hydrogens (tertiary/aromatic N) is 1. The third-order valence-corrected chi connectivity index (χ3v) is 11.8. The van der Waals surface area contributed by atoms with E-state index in [1.54, 1.807) is 13.8 Å². The van der Waals surface area contributed by atoms with Gasteiger partial charge in [0.15, 0.2) is 0 Å². The van der Waals surface area contributed by atoms with E-state index >= 15 is 0 Å². The zero-order valence-corrected chi connectivity index (χ0v) is 18.8. The Balaban J connectivity index is 1.85. The minimum atomic E-state index is -4.41. The van der Waals surface area contributed by atoms with E-state index in [-0.39, 0.29) is 5.91 Å². The van der Waals surface area contributed by atoms with Crippen LogP contribution in [0.5, 0.6) is 0 Å². The molecule has 1 N–H and O–H groups in total. The molecular formula is C20H29F3IN2O2+. The topological polar surface area (TPSA) is 38.3 Å². The van der Waals surface area contributed by atoms with Crippen LogP contribution in [-0.4, -0.2) is 45.8 Å². The Kier molecular flexibility index (Phi) is 6.61. The van der Waals surface area contributed by atoms with Gasteiger partial charge in [-0.2, -0.15) is 0 Å². The third kappa shape index (κ3) is 4.48. The molecule has 1 atom stereocenters. The number of benzene rings is 1. The fourth-order valence-corrected chi connectivity index (χ4v) is 10.1. The summed E-state index contributed by atoms with van der Waals surface area (Å²) in [6.45, 7) is 6.37. The Bertz CT molecular complexity index is 733. The van der Waals surface area contributed by atoms with Crippen LogP contribution in [0.15, 0.2) is 12.1 Å². The van der Waals surface area contributed by atoms with Gasteiger partial charge in [0.05, 0.1) is 0 Å². The summed E-state index contributed by atoms with van der Waals surface area (Å²) >= 11 is -1.97. The number of nitrogens with one attached hydrogen (secondary N) is 1. The molecule has 2 aliphatic heterocycles. The van der Waals surface area contributed by atoms with Crippen molar-refractivity contribution in [3.63, 3.8) is 0 Å². The van der Waals surface area contributed by atoms with E-state index in [1.807, 2.05) is 0 Å². The molecule has 1 aromatic carbocycles. The summed E-state index contributed by atoms with van der Waals surface area (Å²) in [4.78, 5) is 13.1.